The molecule has 0 spiro atoms. The molecule has 6 heteroatoms. The Morgan fingerprint density at radius 3 is 2.57 bits per heavy atom. The molecule has 190 valence electrons. The van der Waals surface area contributed by atoms with E-state index in [1.165, 1.54) is 38.5 Å². The third-order valence-corrected chi connectivity index (χ3v) is 7.53. The van der Waals surface area contributed by atoms with Crippen molar-refractivity contribution in [3.05, 3.63) is 53.6 Å². The van der Waals surface area contributed by atoms with Gasteiger partial charge in [-0.25, -0.2) is 4.79 Å². The Hall–Kier alpha value is -2.47. The smallest absolute Gasteiger partial charge is 0.326 e. The van der Waals surface area contributed by atoms with Crippen molar-refractivity contribution in [1.29, 1.82) is 0 Å². The van der Waals surface area contributed by atoms with Crippen LogP contribution in [0.1, 0.15) is 73.7 Å². The molecule has 0 radical (unpaired) electrons. The molecule has 0 bridgehead atoms. The van der Waals surface area contributed by atoms with Gasteiger partial charge in [-0.2, -0.15) is 11.8 Å². The Bertz CT molecular complexity index is 971. The van der Waals surface area contributed by atoms with Gasteiger partial charge >= 0.3 is 5.97 Å². The molecule has 1 saturated carbocycles. The lowest BCUT2D eigenvalue weighted by atomic mass is 9.86. The molecular formula is C29H39NO4S. The van der Waals surface area contributed by atoms with E-state index in [4.69, 9.17) is 4.74 Å². The summed E-state index contributed by atoms with van der Waals surface area (Å²) in [6, 6.07) is 12.5. The summed E-state index contributed by atoms with van der Waals surface area (Å²) in [5.74, 6) is 0.785. The lowest BCUT2D eigenvalue weighted by molar-refractivity contribution is -0.139. The van der Waals surface area contributed by atoms with E-state index in [1.807, 2.05) is 49.6 Å². The number of unbranched alkanes of at least 4 members (excludes halogenated alkanes) is 1. The minimum Gasteiger partial charge on any atom is -0.493 e. The van der Waals surface area contributed by atoms with E-state index in [9.17, 15) is 14.7 Å². The minimum atomic E-state index is -1.02. The normalized spacial score (nSPS) is 14.9. The van der Waals surface area contributed by atoms with Crippen molar-refractivity contribution in [1.82, 2.24) is 5.32 Å². The fourth-order valence-corrected chi connectivity index (χ4v) is 5.37. The second kappa shape index (κ2) is 14.2. The molecular weight excluding hydrogens is 458 g/mol. The number of hydrogen-bond donors (Lipinski definition) is 2. The zero-order valence-electron chi connectivity index (χ0n) is 21.1. The number of nitrogens with one attached hydrogen (secondary N) is 1. The molecule has 2 aromatic carbocycles. The molecule has 0 aromatic heterocycles. The van der Waals surface area contributed by atoms with Gasteiger partial charge in [0.15, 0.2) is 0 Å². The average Bonchev–Trinajstić information content (AvgIpc) is 2.87. The summed E-state index contributed by atoms with van der Waals surface area (Å²) in [7, 11) is 0. The van der Waals surface area contributed by atoms with Gasteiger partial charge in [-0.15, -0.1) is 0 Å². The van der Waals surface area contributed by atoms with Crippen LogP contribution < -0.4 is 10.1 Å². The molecule has 1 aliphatic carbocycles. The first-order chi connectivity index (χ1) is 17.0. The van der Waals surface area contributed by atoms with Crippen molar-refractivity contribution >= 4 is 23.6 Å². The quantitative estimate of drug-likeness (QED) is 0.300. The van der Waals surface area contributed by atoms with Crippen LogP contribution in [0.3, 0.4) is 0 Å². The second-order valence-corrected chi connectivity index (χ2v) is 10.5. The van der Waals surface area contributed by atoms with Gasteiger partial charge in [0.2, 0.25) is 0 Å². The van der Waals surface area contributed by atoms with Crippen LogP contribution in [0.25, 0.3) is 11.1 Å². The van der Waals surface area contributed by atoms with Crippen molar-refractivity contribution in [3.63, 3.8) is 0 Å². The number of benzene rings is 2. The first kappa shape index (κ1) is 27.1. The summed E-state index contributed by atoms with van der Waals surface area (Å²) in [5, 5.41) is 12.3. The van der Waals surface area contributed by atoms with Crippen molar-refractivity contribution in [2.75, 3.05) is 18.6 Å². The highest BCUT2D eigenvalue weighted by molar-refractivity contribution is 7.98. The van der Waals surface area contributed by atoms with Gasteiger partial charge in [0.05, 0.1) is 12.2 Å². The van der Waals surface area contributed by atoms with E-state index < -0.39 is 12.0 Å². The number of carboxylic acids is 1. The van der Waals surface area contributed by atoms with Crippen LogP contribution in [-0.4, -0.2) is 41.6 Å². The highest BCUT2D eigenvalue weighted by Gasteiger charge is 2.24. The summed E-state index contributed by atoms with van der Waals surface area (Å²) in [6.45, 7) is 2.61. The number of carbonyl (C=O) groups excluding carboxylic acids is 1. The van der Waals surface area contributed by atoms with E-state index in [0.717, 1.165) is 35.4 Å². The highest BCUT2D eigenvalue weighted by Crippen LogP contribution is 2.36. The Kier molecular flexibility index (Phi) is 11.0. The molecule has 2 N–H and O–H groups in total. The Morgan fingerprint density at radius 2 is 1.86 bits per heavy atom. The number of rotatable bonds is 13. The van der Waals surface area contributed by atoms with Gasteiger partial charge in [-0.05, 0) is 67.4 Å². The first-order valence-electron chi connectivity index (χ1n) is 12.9. The summed E-state index contributed by atoms with van der Waals surface area (Å²) >= 11 is 1.56. The zero-order valence-corrected chi connectivity index (χ0v) is 21.9. The van der Waals surface area contributed by atoms with Crippen molar-refractivity contribution in [2.24, 2.45) is 5.92 Å². The molecule has 1 fully saturated rings. The van der Waals surface area contributed by atoms with Crippen LogP contribution in [0.4, 0.5) is 0 Å². The fourth-order valence-electron chi connectivity index (χ4n) is 4.89. The molecule has 0 aliphatic heterocycles. The van der Waals surface area contributed by atoms with Gasteiger partial charge in [0, 0.05) is 5.56 Å². The van der Waals surface area contributed by atoms with Gasteiger partial charge < -0.3 is 15.2 Å². The predicted octanol–water partition coefficient (Wildman–Crippen LogP) is 6.73. The maximum atomic E-state index is 13.3. The molecule has 0 saturated heterocycles. The van der Waals surface area contributed by atoms with Crippen LogP contribution in [0.5, 0.6) is 5.75 Å². The maximum Gasteiger partial charge on any atom is 0.326 e. The van der Waals surface area contributed by atoms with E-state index in [0.29, 0.717) is 30.1 Å². The Labute approximate surface area is 214 Å². The van der Waals surface area contributed by atoms with Crippen LogP contribution in [0.15, 0.2) is 42.5 Å². The molecule has 0 heterocycles. The topological polar surface area (TPSA) is 75.6 Å². The highest BCUT2D eigenvalue weighted by atomic mass is 32.2. The summed E-state index contributed by atoms with van der Waals surface area (Å²) in [5.41, 5.74) is 3.12. The number of aliphatic carboxylic acids is 1. The van der Waals surface area contributed by atoms with Crippen molar-refractivity contribution in [3.8, 4) is 16.9 Å². The lowest BCUT2D eigenvalue weighted by Crippen LogP contribution is -2.41. The molecule has 35 heavy (non-hydrogen) atoms. The van der Waals surface area contributed by atoms with E-state index in [2.05, 4.69) is 5.32 Å². The molecule has 1 atom stereocenters. The fraction of sp³-hybridized carbons (Fsp3) is 0.517. The molecule has 5 nitrogen and oxygen atoms in total. The van der Waals surface area contributed by atoms with Crippen LogP contribution in [0, 0.1) is 12.8 Å². The average molecular weight is 498 g/mol. The number of thioether (sulfide) groups is 1. The molecule has 2 aromatic rings. The number of aryl methyl sites for hydroxylation is 1. The molecule has 3 rings (SSSR count). The number of amides is 1. The first-order valence-corrected chi connectivity index (χ1v) is 14.2. The second-order valence-electron chi connectivity index (χ2n) is 9.49. The number of carbonyl (C=O) groups is 2. The SMILES string of the molecule is CSCCC(NC(=O)c1cccc(OCCCCC2CCCCC2)c1-c1ccccc1C)C(=O)O. The van der Waals surface area contributed by atoms with Crippen molar-refractivity contribution in [2.45, 2.75) is 70.8 Å². The number of hydrogen-bond acceptors (Lipinski definition) is 4. The largest absolute Gasteiger partial charge is 0.493 e. The lowest BCUT2D eigenvalue weighted by Gasteiger charge is -2.21. The summed E-state index contributed by atoms with van der Waals surface area (Å²) in [4.78, 5) is 25.0. The molecule has 1 amide bonds. The zero-order chi connectivity index (χ0) is 25.0. The Morgan fingerprint density at radius 1 is 1.09 bits per heavy atom. The van der Waals surface area contributed by atoms with Gasteiger partial charge in [0.1, 0.15) is 11.8 Å². The van der Waals surface area contributed by atoms with E-state index in [1.54, 1.807) is 17.8 Å². The number of ether oxygens (including phenoxy) is 1. The third kappa shape index (κ3) is 8.03. The van der Waals surface area contributed by atoms with Crippen LogP contribution in [0.2, 0.25) is 0 Å². The van der Waals surface area contributed by atoms with Crippen molar-refractivity contribution < 1.29 is 19.4 Å². The molecule has 1 aliphatic rings. The van der Waals surface area contributed by atoms with Gasteiger partial charge in [0.25, 0.3) is 5.91 Å². The predicted molar refractivity (Wildman–Crippen MR) is 144 cm³/mol. The van der Waals surface area contributed by atoms with E-state index in [-0.39, 0.29) is 5.91 Å². The van der Waals surface area contributed by atoms with E-state index >= 15 is 0 Å². The Balaban J connectivity index is 1.76. The van der Waals surface area contributed by atoms with Gasteiger partial charge in [-0.3, -0.25) is 4.79 Å². The molecule has 1 unspecified atom stereocenters. The monoisotopic (exact) mass is 497 g/mol. The number of carboxylic acid groups (broad SMARTS) is 1. The third-order valence-electron chi connectivity index (χ3n) is 6.89. The maximum absolute atomic E-state index is 13.3. The minimum absolute atomic E-state index is 0.374. The van der Waals surface area contributed by atoms with Gasteiger partial charge in [-0.1, -0.05) is 68.9 Å². The standard InChI is InChI=1S/C29H39NO4S/c1-21-11-6-7-15-23(21)27-24(28(31)30-25(29(32)33)18-20-35-2)16-10-17-26(27)34-19-9-8-14-22-12-4-3-5-13-22/h6-7,10-11,15-17,22,25H,3-5,8-9,12-14,18-20H2,1-2H3,(H,30,31)(H,32,33). The summed E-state index contributed by atoms with van der Waals surface area (Å²) in [6.07, 6.45) is 12.6. The van der Waals surface area contributed by atoms with Crippen LogP contribution >= 0.6 is 11.8 Å². The summed E-state index contributed by atoms with van der Waals surface area (Å²) < 4.78 is 6.24. The van der Waals surface area contributed by atoms with Crippen LogP contribution in [-0.2, 0) is 4.79 Å².